The van der Waals surface area contributed by atoms with Crippen molar-refractivity contribution >= 4 is 11.1 Å². The Balaban J connectivity index is 1.18. The van der Waals surface area contributed by atoms with E-state index in [4.69, 9.17) is 15.0 Å². The Hall–Kier alpha value is -8.34. The second-order valence-electron chi connectivity index (χ2n) is 16.5. The molecular formula is C60H40N4. The third-order valence-electron chi connectivity index (χ3n) is 13.3. The second kappa shape index (κ2) is 15.2. The maximum Gasteiger partial charge on any atom is 0.116 e. The van der Waals surface area contributed by atoms with Crippen LogP contribution < -0.4 is 0 Å². The molecule has 0 N–H and O–H groups in total. The SMILES string of the molecule is c1ccc(C(=C(c2cccc(C3(c4ccccn4)c4ccccc4-c4ccccc43)c2)c2cccc(C3(c4ccccn4)c4ccccc4-c4ccccc43)c2)c2ccncn2)cc1. The molecule has 2 aliphatic carbocycles. The lowest BCUT2D eigenvalue weighted by atomic mass is 9.68. The summed E-state index contributed by atoms with van der Waals surface area (Å²) in [5.41, 5.74) is 18.7. The fraction of sp³-hybridized carbons (Fsp3) is 0.0333. The molecule has 0 amide bonds. The topological polar surface area (TPSA) is 51.6 Å². The number of rotatable bonds is 8. The summed E-state index contributed by atoms with van der Waals surface area (Å²) in [7, 11) is 0. The quantitative estimate of drug-likeness (QED) is 0.143. The number of pyridine rings is 2. The zero-order valence-corrected chi connectivity index (χ0v) is 34.9. The van der Waals surface area contributed by atoms with Gasteiger partial charge >= 0.3 is 0 Å². The van der Waals surface area contributed by atoms with Gasteiger partial charge in [-0.1, -0.05) is 176 Å². The molecule has 7 aromatic carbocycles. The van der Waals surface area contributed by atoms with Gasteiger partial charge in [-0.3, -0.25) is 9.97 Å². The van der Waals surface area contributed by atoms with Crippen LogP contribution in [0.5, 0.6) is 0 Å². The Kier molecular flexibility index (Phi) is 8.91. The highest BCUT2D eigenvalue weighted by molar-refractivity contribution is 6.04. The monoisotopic (exact) mass is 816 g/mol. The predicted molar refractivity (Wildman–Crippen MR) is 257 cm³/mol. The molecule has 4 nitrogen and oxygen atoms in total. The average Bonchev–Trinajstić information content (AvgIpc) is 3.86. The fourth-order valence-electron chi connectivity index (χ4n) is 10.8. The molecular weight excluding hydrogens is 777 g/mol. The Morgan fingerprint density at radius 1 is 0.312 bits per heavy atom. The molecule has 0 unspecified atom stereocenters. The average molecular weight is 817 g/mol. The summed E-state index contributed by atoms with van der Waals surface area (Å²) in [5.74, 6) is 0. The molecule has 0 bridgehead atoms. The van der Waals surface area contributed by atoms with Gasteiger partial charge in [0, 0.05) is 24.2 Å². The first-order valence-corrected chi connectivity index (χ1v) is 21.8. The third kappa shape index (κ3) is 5.56. The lowest BCUT2D eigenvalue weighted by Crippen LogP contribution is -2.30. The largest absolute Gasteiger partial charge is 0.260 e. The molecule has 10 aromatic rings. The highest BCUT2D eigenvalue weighted by Crippen LogP contribution is 2.58. The minimum atomic E-state index is -0.681. The number of fused-ring (bicyclic) bond motifs is 6. The predicted octanol–water partition coefficient (Wildman–Crippen LogP) is 13.0. The van der Waals surface area contributed by atoms with Crippen LogP contribution in [0.4, 0.5) is 0 Å². The van der Waals surface area contributed by atoms with Crippen molar-refractivity contribution in [2.45, 2.75) is 10.8 Å². The number of hydrogen-bond acceptors (Lipinski definition) is 4. The van der Waals surface area contributed by atoms with E-state index in [1.165, 1.54) is 44.5 Å². The van der Waals surface area contributed by atoms with Crippen LogP contribution in [0.25, 0.3) is 33.4 Å². The number of hydrogen-bond donors (Lipinski definition) is 0. The smallest absolute Gasteiger partial charge is 0.116 e. The van der Waals surface area contributed by atoms with Gasteiger partial charge in [-0.2, -0.15) is 0 Å². The molecule has 300 valence electrons. The maximum atomic E-state index is 5.16. The molecule has 0 saturated carbocycles. The fourth-order valence-corrected chi connectivity index (χ4v) is 10.8. The van der Waals surface area contributed by atoms with Crippen molar-refractivity contribution in [3.05, 3.63) is 310 Å². The molecule has 3 aromatic heterocycles. The van der Waals surface area contributed by atoms with E-state index in [9.17, 15) is 0 Å². The summed E-state index contributed by atoms with van der Waals surface area (Å²) in [6.45, 7) is 0. The van der Waals surface area contributed by atoms with Crippen LogP contribution in [0, 0.1) is 0 Å². The Morgan fingerprint density at radius 3 is 1.16 bits per heavy atom. The molecule has 0 radical (unpaired) electrons. The molecule has 64 heavy (non-hydrogen) atoms. The van der Waals surface area contributed by atoms with Crippen molar-refractivity contribution in [1.29, 1.82) is 0 Å². The van der Waals surface area contributed by atoms with Crippen molar-refractivity contribution in [1.82, 2.24) is 19.9 Å². The lowest BCUT2D eigenvalue weighted by molar-refractivity contribution is 0.734. The number of nitrogens with zero attached hydrogens (tertiary/aromatic N) is 4. The normalized spacial score (nSPS) is 13.6. The van der Waals surface area contributed by atoms with Crippen molar-refractivity contribution in [3.63, 3.8) is 0 Å². The molecule has 0 aliphatic heterocycles. The summed E-state index contributed by atoms with van der Waals surface area (Å²) in [4.78, 5) is 19.7. The standard InChI is InChI=1S/C60H40N4/c1-2-18-41(19-3-1)58(54-34-37-61-40-64-54)57(42-20-16-22-44(38-42)59(55-32-12-14-35-62-55)50-28-8-4-24-46(50)47-25-5-9-29-51(47)59)43-21-17-23-45(39-43)60(56-33-13-15-36-63-56)52-30-10-6-26-48(52)49-27-7-11-31-53(49)60/h1-40H. The maximum absolute atomic E-state index is 5.16. The highest BCUT2D eigenvalue weighted by atomic mass is 14.8. The van der Waals surface area contributed by atoms with Gasteiger partial charge in [0.25, 0.3) is 0 Å². The van der Waals surface area contributed by atoms with E-state index in [2.05, 4.69) is 205 Å². The van der Waals surface area contributed by atoms with Gasteiger partial charge in [0.1, 0.15) is 6.33 Å². The van der Waals surface area contributed by atoms with Crippen LogP contribution in [-0.2, 0) is 10.8 Å². The van der Waals surface area contributed by atoms with Crippen molar-refractivity contribution in [3.8, 4) is 22.3 Å². The van der Waals surface area contributed by atoms with E-state index < -0.39 is 10.8 Å². The van der Waals surface area contributed by atoms with Gasteiger partial charge in [-0.05, 0) is 120 Å². The van der Waals surface area contributed by atoms with Gasteiger partial charge < -0.3 is 0 Å². The second-order valence-corrected chi connectivity index (χ2v) is 16.5. The van der Waals surface area contributed by atoms with E-state index in [1.54, 1.807) is 6.33 Å². The number of benzene rings is 7. The minimum absolute atomic E-state index is 0.681. The van der Waals surface area contributed by atoms with Crippen LogP contribution in [0.3, 0.4) is 0 Å². The molecule has 0 spiro atoms. The zero-order valence-electron chi connectivity index (χ0n) is 34.9. The summed E-state index contributed by atoms with van der Waals surface area (Å²) < 4.78 is 0. The summed E-state index contributed by atoms with van der Waals surface area (Å²) in [6.07, 6.45) is 7.32. The Morgan fingerprint density at radius 2 is 0.734 bits per heavy atom. The van der Waals surface area contributed by atoms with Gasteiger partial charge in [0.15, 0.2) is 0 Å². The summed E-state index contributed by atoms with van der Waals surface area (Å²) in [6, 6.07) is 78.8. The van der Waals surface area contributed by atoms with Crippen LogP contribution in [0.15, 0.2) is 243 Å². The Labute approximate surface area is 373 Å². The first-order valence-electron chi connectivity index (χ1n) is 21.8. The molecule has 3 heterocycles. The molecule has 0 saturated heterocycles. The van der Waals surface area contributed by atoms with Crippen LogP contribution in [-0.4, -0.2) is 19.9 Å². The summed E-state index contributed by atoms with van der Waals surface area (Å²) >= 11 is 0. The van der Waals surface area contributed by atoms with Crippen molar-refractivity contribution in [2.24, 2.45) is 0 Å². The van der Waals surface area contributed by atoms with E-state index >= 15 is 0 Å². The van der Waals surface area contributed by atoms with E-state index in [0.29, 0.717) is 0 Å². The van der Waals surface area contributed by atoms with E-state index in [0.717, 1.165) is 56.0 Å². The lowest BCUT2D eigenvalue weighted by Gasteiger charge is -2.34. The van der Waals surface area contributed by atoms with E-state index in [1.807, 2.05) is 36.8 Å². The van der Waals surface area contributed by atoms with Gasteiger partial charge in [0.05, 0.1) is 27.9 Å². The number of aromatic nitrogens is 4. The first kappa shape index (κ1) is 37.4. The van der Waals surface area contributed by atoms with Crippen molar-refractivity contribution < 1.29 is 0 Å². The molecule has 4 heteroatoms. The minimum Gasteiger partial charge on any atom is -0.260 e. The van der Waals surface area contributed by atoms with Gasteiger partial charge in [0.2, 0.25) is 0 Å². The molecule has 0 fully saturated rings. The third-order valence-corrected chi connectivity index (χ3v) is 13.3. The Bertz CT molecular complexity index is 3060. The van der Waals surface area contributed by atoms with Crippen LogP contribution in [0.2, 0.25) is 0 Å². The zero-order chi connectivity index (χ0) is 42.5. The highest BCUT2D eigenvalue weighted by Gasteiger charge is 2.48. The van der Waals surface area contributed by atoms with E-state index in [-0.39, 0.29) is 0 Å². The first-order chi connectivity index (χ1) is 31.8. The van der Waals surface area contributed by atoms with Crippen molar-refractivity contribution in [2.75, 3.05) is 0 Å². The molecule has 2 aliphatic rings. The summed E-state index contributed by atoms with van der Waals surface area (Å²) in [5, 5.41) is 0. The molecule has 0 atom stereocenters. The van der Waals surface area contributed by atoms with Crippen LogP contribution >= 0.6 is 0 Å². The van der Waals surface area contributed by atoms with Crippen LogP contribution in [0.1, 0.15) is 67.2 Å². The van der Waals surface area contributed by atoms with Gasteiger partial charge in [-0.25, -0.2) is 9.97 Å². The molecule has 12 rings (SSSR count). The van der Waals surface area contributed by atoms with Gasteiger partial charge in [-0.15, -0.1) is 0 Å².